The van der Waals surface area contributed by atoms with Gasteiger partial charge in [0, 0.05) is 6.92 Å². The molecule has 1 aromatic heterocycles. The molecule has 0 spiro atoms. The van der Waals surface area contributed by atoms with Gasteiger partial charge in [-0.3, -0.25) is 4.79 Å². The molecule has 0 radical (unpaired) electrons. The number of ketones is 1. The molecule has 0 saturated carbocycles. The average molecular weight is 268 g/mol. The van der Waals surface area contributed by atoms with Gasteiger partial charge in [0.2, 0.25) is 0 Å². The van der Waals surface area contributed by atoms with Crippen LogP contribution in [0.15, 0.2) is 0 Å². The van der Waals surface area contributed by atoms with Crippen molar-refractivity contribution >= 4 is 27.8 Å². The number of halogens is 3. The number of ether oxygens (including phenoxy) is 1. The molecule has 0 atom stereocenters. The predicted molar refractivity (Wildman–Crippen MR) is 59.8 cm³/mol. The maximum atomic E-state index is 12.0. The first-order chi connectivity index (χ1) is 7.76. The minimum absolute atomic E-state index is 0.0645. The molecule has 3 N–H and O–H groups in total. The summed E-state index contributed by atoms with van der Waals surface area (Å²) in [7, 11) is 1.28. The summed E-state index contributed by atoms with van der Waals surface area (Å²) in [6.07, 6.45) is -4.35. The SMILES string of the molecule is COc1c(NCC(F)(F)F)sc(C(C)=O)c1N. The molecule has 17 heavy (non-hydrogen) atoms. The second kappa shape index (κ2) is 4.82. The number of methoxy groups -OCH3 is 1. The summed E-state index contributed by atoms with van der Waals surface area (Å²) in [4.78, 5) is 11.4. The number of rotatable bonds is 4. The van der Waals surface area contributed by atoms with E-state index in [0.29, 0.717) is 0 Å². The van der Waals surface area contributed by atoms with Crippen LogP contribution in [0.4, 0.5) is 23.9 Å². The molecule has 0 aromatic carbocycles. The Bertz CT molecular complexity index is 429. The van der Waals surface area contributed by atoms with Crippen LogP contribution in [0.1, 0.15) is 16.6 Å². The summed E-state index contributed by atoms with van der Waals surface area (Å²) < 4.78 is 41.0. The Hall–Kier alpha value is -1.44. The van der Waals surface area contributed by atoms with Crippen LogP contribution in [0.5, 0.6) is 5.75 Å². The van der Waals surface area contributed by atoms with Crippen LogP contribution in [0, 0.1) is 0 Å². The molecule has 0 aliphatic carbocycles. The fourth-order valence-corrected chi connectivity index (χ4v) is 2.17. The summed E-state index contributed by atoms with van der Waals surface area (Å²) >= 11 is 0.849. The van der Waals surface area contributed by atoms with E-state index in [2.05, 4.69) is 5.32 Å². The summed E-state index contributed by atoms with van der Waals surface area (Å²) in [5.74, 6) is -0.240. The van der Waals surface area contributed by atoms with Crippen molar-refractivity contribution in [3.63, 3.8) is 0 Å². The number of nitrogens with one attached hydrogen (secondary N) is 1. The van der Waals surface area contributed by atoms with Gasteiger partial charge in [0.25, 0.3) is 0 Å². The summed E-state index contributed by atoms with van der Waals surface area (Å²) in [6.45, 7) is 0.0792. The molecular formula is C9H11F3N2O2S. The third-order valence-electron chi connectivity index (χ3n) is 1.87. The molecule has 1 heterocycles. The van der Waals surface area contributed by atoms with Crippen molar-refractivity contribution in [1.82, 2.24) is 0 Å². The zero-order valence-corrected chi connectivity index (χ0v) is 9.96. The summed E-state index contributed by atoms with van der Waals surface area (Å²) in [5, 5.41) is 2.26. The third-order valence-corrected chi connectivity index (χ3v) is 3.12. The van der Waals surface area contributed by atoms with Gasteiger partial charge in [-0.1, -0.05) is 0 Å². The zero-order chi connectivity index (χ0) is 13.2. The molecular weight excluding hydrogens is 257 g/mol. The summed E-state index contributed by atoms with van der Waals surface area (Å²) in [6, 6.07) is 0. The molecule has 0 saturated heterocycles. The highest BCUT2D eigenvalue weighted by molar-refractivity contribution is 7.19. The highest BCUT2D eigenvalue weighted by Gasteiger charge is 2.28. The van der Waals surface area contributed by atoms with Gasteiger partial charge in [-0.2, -0.15) is 13.2 Å². The number of nitrogens with two attached hydrogens (primary N) is 1. The van der Waals surface area contributed by atoms with Crippen molar-refractivity contribution in [2.24, 2.45) is 0 Å². The van der Waals surface area contributed by atoms with Crippen molar-refractivity contribution in [1.29, 1.82) is 0 Å². The molecule has 0 bridgehead atoms. The van der Waals surface area contributed by atoms with Crippen molar-refractivity contribution < 1.29 is 22.7 Å². The minimum atomic E-state index is -4.35. The minimum Gasteiger partial charge on any atom is -0.492 e. The highest BCUT2D eigenvalue weighted by atomic mass is 32.1. The molecule has 96 valence electrons. The largest absolute Gasteiger partial charge is 0.492 e. The van der Waals surface area contributed by atoms with Crippen LogP contribution in [0.3, 0.4) is 0 Å². The highest BCUT2D eigenvalue weighted by Crippen LogP contribution is 2.42. The van der Waals surface area contributed by atoms with E-state index in [1.807, 2.05) is 0 Å². The first-order valence-electron chi connectivity index (χ1n) is 4.54. The first kappa shape index (κ1) is 13.6. The van der Waals surface area contributed by atoms with Crippen molar-refractivity contribution in [3.8, 4) is 5.75 Å². The third kappa shape index (κ3) is 3.26. The predicted octanol–water partition coefficient (Wildman–Crippen LogP) is 2.52. The second-order valence-electron chi connectivity index (χ2n) is 3.23. The van der Waals surface area contributed by atoms with Gasteiger partial charge in [0.05, 0.1) is 17.7 Å². The Balaban J connectivity index is 2.99. The summed E-state index contributed by atoms with van der Waals surface area (Å²) in [5.41, 5.74) is 5.66. The van der Waals surface area contributed by atoms with E-state index in [0.717, 1.165) is 11.3 Å². The van der Waals surface area contributed by atoms with Crippen LogP contribution in [-0.4, -0.2) is 25.6 Å². The van der Waals surface area contributed by atoms with E-state index in [1.54, 1.807) is 0 Å². The van der Waals surface area contributed by atoms with E-state index >= 15 is 0 Å². The average Bonchev–Trinajstić information content (AvgIpc) is 2.51. The molecule has 0 aliphatic heterocycles. The molecule has 0 fully saturated rings. The molecule has 4 nitrogen and oxygen atoms in total. The number of carbonyl (C=O) groups is 1. The number of alkyl halides is 3. The van der Waals surface area contributed by atoms with Crippen molar-refractivity contribution in [2.75, 3.05) is 24.7 Å². The number of hydrogen-bond donors (Lipinski definition) is 2. The van der Waals surface area contributed by atoms with Gasteiger partial charge >= 0.3 is 6.18 Å². The molecule has 1 aromatic rings. The molecule has 1 rings (SSSR count). The van der Waals surface area contributed by atoms with Gasteiger partial charge < -0.3 is 15.8 Å². The number of hydrogen-bond acceptors (Lipinski definition) is 5. The van der Waals surface area contributed by atoms with Crippen LogP contribution >= 0.6 is 11.3 Å². The van der Waals surface area contributed by atoms with Crippen LogP contribution < -0.4 is 15.8 Å². The van der Waals surface area contributed by atoms with Gasteiger partial charge in [0.1, 0.15) is 11.5 Å². The number of thiophene rings is 1. The first-order valence-corrected chi connectivity index (χ1v) is 5.35. The Kier molecular flexibility index (Phi) is 3.87. The van der Waals surface area contributed by atoms with Crippen LogP contribution in [-0.2, 0) is 0 Å². The fourth-order valence-electron chi connectivity index (χ4n) is 1.19. The lowest BCUT2D eigenvalue weighted by molar-refractivity contribution is -0.115. The van der Waals surface area contributed by atoms with Crippen molar-refractivity contribution in [2.45, 2.75) is 13.1 Å². The van der Waals surface area contributed by atoms with Gasteiger partial charge in [0.15, 0.2) is 11.5 Å². The van der Waals surface area contributed by atoms with Gasteiger partial charge in [-0.15, -0.1) is 11.3 Å². The topological polar surface area (TPSA) is 64.3 Å². The van der Waals surface area contributed by atoms with Crippen LogP contribution in [0.2, 0.25) is 0 Å². The quantitative estimate of drug-likeness (QED) is 0.823. The number of carbonyl (C=O) groups excluding carboxylic acids is 1. The number of anilines is 2. The van der Waals surface area contributed by atoms with E-state index in [1.165, 1.54) is 14.0 Å². The van der Waals surface area contributed by atoms with Crippen molar-refractivity contribution in [3.05, 3.63) is 4.88 Å². The molecule has 0 amide bonds. The van der Waals surface area contributed by atoms with E-state index in [4.69, 9.17) is 10.5 Å². The standard InChI is InChI=1S/C9H11F3N2O2S/c1-4(15)7-5(13)6(16-2)8(17-7)14-3-9(10,11)12/h14H,3,13H2,1-2H3. The Morgan fingerprint density at radius 3 is 2.53 bits per heavy atom. The second-order valence-corrected chi connectivity index (χ2v) is 4.25. The Labute approximate surface area is 99.6 Å². The lowest BCUT2D eigenvalue weighted by Gasteiger charge is -2.09. The molecule has 0 unspecified atom stereocenters. The Morgan fingerprint density at radius 1 is 1.53 bits per heavy atom. The van der Waals surface area contributed by atoms with Gasteiger partial charge in [-0.05, 0) is 0 Å². The zero-order valence-electron chi connectivity index (χ0n) is 9.14. The lowest BCUT2D eigenvalue weighted by Crippen LogP contribution is -2.21. The molecule has 8 heteroatoms. The maximum absolute atomic E-state index is 12.0. The van der Waals surface area contributed by atoms with E-state index in [-0.39, 0.29) is 27.1 Å². The van der Waals surface area contributed by atoms with Crippen LogP contribution in [0.25, 0.3) is 0 Å². The Morgan fingerprint density at radius 2 is 2.12 bits per heavy atom. The maximum Gasteiger partial charge on any atom is 0.405 e. The monoisotopic (exact) mass is 268 g/mol. The van der Waals surface area contributed by atoms with E-state index in [9.17, 15) is 18.0 Å². The fraction of sp³-hybridized carbons (Fsp3) is 0.444. The molecule has 0 aliphatic rings. The van der Waals surface area contributed by atoms with Gasteiger partial charge in [-0.25, -0.2) is 0 Å². The normalized spacial score (nSPS) is 11.4. The smallest absolute Gasteiger partial charge is 0.405 e. The number of nitrogen functional groups attached to an aromatic ring is 1. The van der Waals surface area contributed by atoms with E-state index < -0.39 is 12.7 Å². The lowest BCUT2D eigenvalue weighted by atomic mass is 10.3. The number of Topliss-reactive ketones (excluding diaryl/α,β-unsaturated/α-hetero) is 1.